The van der Waals surface area contributed by atoms with Gasteiger partial charge in [0, 0.05) is 45.3 Å². The Bertz CT molecular complexity index is 425. The van der Waals surface area contributed by atoms with Crippen molar-refractivity contribution in [1.82, 2.24) is 15.1 Å². The van der Waals surface area contributed by atoms with Crippen LogP contribution in [0.15, 0.2) is 30.3 Å². The van der Waals surface area contributed by atoms with Gasteiger partial charge in [0.15, 0.2) is 0 Å². The predicted molar refractivity (Wildman–Crippen MR) is 85.0 cm³/mol. The summed E-state index contributed by atoms with van der Waals surface area (Å²) < 4.78 is 0. The second-order valence-electron chi connectivity index (χ2n) is 5.47. The maximum atomic E-state index is 12.2. The summed E-state index contributed by atoms with van der Waals surface area (Å²) in [6, 6.07) is 10.5. The standard InChI is InChI=1S/C16H26N4O/c1-2-15(12-17)19-8-10-20(11-9-19)16(21)18-13-14-6-4-3-5-7-14/h3-7,15H,2,8-13,17H2,1H3,(H,18,21). The lowest BCUT2D eigenvalue weighted by Gasteiger charge is -2.38. The summed E-state index contributed by atoms with van der Waals surface area (Å²) in [6.07, 6.45) is 1.07. The summed E-state index contributed by atoms with van der Waals surface area (Å²) in [5.41, 5.74) is 6.91. The van der Waals surface area contributed by atoms with E-state index in [0.29, 0.717) is 19.1 Å². The molecular weight excluding hydrogens is 264 g/mol. The van der Waals surface area contributed by atoms with E-state index in [9.17, 15) is 4.79 Å². The molecule has 1 aromatic rings. The molecule has 1 aliphatic rings. The quantitative estimate of drug-likeness (QED) is 0.858. The molecule has 0 aromatic heterocycles. The fourth-order valence-corrected chi connectivity index (χ4v) is 2.75. The highest BCUT2D eigenvalue weighted by Crippen LogP contribution is 2.09. The van der Waals surface area contributed by atoms with Gasteiger partial charge in [-0.05, 0) is 12.0 Å². The maximum Gasteiger partial charge on any atom is 0.317 e. The minimum absolute atomic E-state index is 0.0271. The van der Waals surface area contributed by atoms with Gasteiger partial charge in [0.1, 0.15) is 0 Å². The lowest BCUT2D eigenvalue weighted by Crippen LogP contribution is -2.55. The molecule has 1 heterocycles. The van der Waals surface area contributed by atoms with Gasteiger partial charge in [-0.15, -0.1) is 0 Å². The van der Waals surface area contributed by atoms with Crippen LogP contribution in [0.3, 0.4) is 0 Å². The van der Waals surface area contributed by atoms with Crippen LogP contribution >= 0.6 is 0 Å². The number of rotatable bonds is 5. The van der Waals surface area contributed by atoms with Gasteiger partial charge < -0.3 is 16.0 Å². The summed E-state index contributed by atoms with van der Waals surface area (Å²) in [4.78, 5) is 16.4. The molecule has 5 heteroatoms. The average molecular weight is 290 g/mol. The Morgan fingerprint density at radius 2 is 1.90 bits per heavy atom. The Balaban J connectivity index is 1.75. The molecule has 0 radical (unpaired) electrons. The number of hydrogen-bond acceptors (Lipinski definition) is 3. The second kappa shape index (κ2) is 8.00. The topological polar surface area (TPSA) is 61.6 Å². The third-order valence-electron chi connectivity index (χ3n) is 4.15. The van der Waals surface area contributed by atoms with E-state index >= 15 is 0 Å². The SMILES string of the molecule is CCC(CN)N1CCN(C(=O)NCc2ccccc2)CC1. The van der Waals surface area contributed by atoms with E-state index in [1.54, 1.807) is 0 Å². The fourth-order valence-electron chi connectivity index (χ4n) is 2.75. The van der Waals surface area contributed by atoms with Crippen molar-refractivity contribution in [2.24, 2.45) is 5.73 Å². The number of nitrogens with two attached hydrogens (primary N) is 1. The number of amides is 2. The third-order valence-corrected chi connectivity index (χ3v) is 4.15. The Morgan fingerprint density at radius 3 is 2.48 bits per heavy atom. The molecule has 0 bridgehead atoms. The normalized spacial score (nSPS) is 17.5. The van der Waals surface area contributed by atoms with Crippen LogP contribution in [0, 0.1) is 0 Å². The monoisotopic (exact) mass is 290 g/mol. The molecule has 5 nitrogen and oxygen atoms in total. The van der Waals surface area contributed by atoms with Gasteiger partial charge in [-0.3, -0.25) is 4.90 Å². The maximum absolute atomic E-state index is 12.2. The zero-order valence-electron chi connectivity index (χ0n) is 12.8. The number of piperazine rings is 1. The van der Waals surface area contributed by atoms with Crippen LogP contribution in [0.4, 0.5) is 4.79 Å². The molecule has 1 aromatic carbocycles. The third kappa shape index (κ3) is 4.44. The van der Waals surface area contributed by atoms with Crippen LogP contribution in [0.2, 0.25) is 0 Å². The second-order valence-corrected chi connectivity index (χ2v) is 5.47. The first-order valence-electron chi connectivity index (χ1n) is 7.75. The van der Waals surface area contributed by atoms with Crippen LogP contribution in [0.25, 0.3) is 0 Å². The van der Waals surface area contributed by atoms with Gasteiger partial charge in [0.2, 0.25) is 0 Å². The van der Waals surface area contributed by atoms with Crippen LogP contribution in [-0.2, 0) is 6.54 Å². The van der Waals surface area contributed by atoms with Gasteiger partial charge in [-0.25, -0.2) is 4.79 Å². The Kier molecular flexibility index (Phi) is 6.02. The van der Waals surface area contributed by atoms with Crippen molar-refractivity contribution in [3.63, 3.8) is 0 Å². The number of urea groups is 1. The highest BCUT2D eigenvalue weighted by atomic mass is 16.2. The lowest BCUT2D eigenvalue weighted by atomic mass is 10.1. The number of carbonyl (C=O) groups is 1. The van der Waals surface area contributed by atoms with E-state index in [-0.39, 0.29) is 6.03 Å². The minimum atomic E-state index is 0.0271. The molecule has 2 amide bonds. The highest BCUT2D eigenvalue weighted by Gasteiger charge is 2.24. The number of benzene rings is 1. The summed E-state index contributed by atoms with van der Waals surface area (Å²) in [5, 5.41) is 2.98. The Morgan fingerprint density at radius 1 is 1.24 bits per heavy atom. The molecule has 0 spiro atoms. The van der Waals surface area contributed by atoms with Crippen LogP contribution in [0.5, 0.6) is 0 Å². The predicted octanol–water partition coefficient (Wildman–Crippen LogP) is 1.25. The van der Waals surface area contributed by atoms with Crippen molar-refractivity contribution < 1.29 is 4.79 Å². The molecule has 21 heavy (non-hydrogen) atoms. The largest absolute Gasteiger partial charge is 0.334 e. The molecule has 1 saturated heterocycles. The molecule has 1 fully saturated rings. The first-order valence-corrected chi connectivity index (χ1v) is 7.75. The highest BCUT2D eigenvalue weighted by molar-refractivity contribution is 5.74. The van der Waals surface area contributed by atoms with Crippen LogP contribution in [-0.4, -0.2) is 54.6 Å². The van der Waals surface area contributed by atoms with Crippen molar-refractivity contribution in [3.05, 3.63) is 35.9 Å². The number of nitrogens with zero attached hydrogens (tertiary/aromatic N) is 2. The van der Waals surface area contributed by atoms with E-state index in [0.717, 1.165) is 38.2 Å². The molecule has 116 valence electrons. The van der Waals surface area contributed by atoms with Gasteiger partial charge in [0.05, 0.1) is 0 Å². The van der Waals surface area contributed by atoms with E-state index in [1.807, 2.05) is 35.2 Å². The Hall–Kier alpha value is -1.59. The first-order chi connectivity index (χ1) is 10.2. The van der Waals surface area contributed by atoms with Gasteiger partial charge in [0.25, 0.3) is 0 Å². The summed E-state index contributed by atoms with van der Waals surface area (Å²) in [6.45, 7) is 6.81. The molecule has 2 rings (SSSR count). The number of nitrogens with one attached hydrogen (secondary N) is 1. The van der Waals surface area contributed by atoms with Gasteiger partial charge in [-0.1, -0.05) is 37.3 Å². The zero-order valence-corrected chi connectivity index (χ0v) is 12.8. The molecule has 0 saturated carbocycles. The van der Waals surface area contributed by atoms with Crippen LogP contribution in [0.1, 0.15) is 18.9 Å². The minimum Gasteiger partial charge on any atom is -0.334 e. The van der Waals surface area contributed by atoms with Crippen molar-refractivity contribution in [3.8, 4) is 0 Å². The number of carbonyl (C=O) groups excluding carboxylic acids is 1. The van der Waals surface area contributed by atoms with Gasteiger partial charge in [-0.2, -0.15) is 0 Å². The summed E-state index contributed by atoms with van der Waals surface area (Å²) in [7, 11) is 0. The first kappa shape index (κ1) is 15.8. The molecule has 3 N–H and O–H groups in total. The van der Waals surface area contributed by atoms with E-state index in [2.05, 4.69) is 17.1 Å². The van der Waals surface area contributed by atoms with E-state index in [4.69, 9.17) is 5.73 Å². The molecular formula is C16H26N4O. The van der Waals surface area contributed by atoms with Crippen LogP contribution < -0.4 is 11.1 Å². The lowest BCUT2D eigenvalue weighted by molar-refractivity contribution is 0.108. The van der Waals surface area contributed by atoms with E-state index < -0.39 is 0 Å². The van der Waals surface area contributed by atoms with Crippen molar-refractivity contribution >= 4 is 6.03 Å². The summed E-state index contributed by atoms with van der Waals surface area (Å²) in [5.74, 6) is 0. The van der Waals surface area contributed by atoms with Crippen molar-refractivity contribution in [1.29, 1.82) is 0 Å². The fraction of sp³-hybridized carbons (Fsp3) is 0.562. The molecule has 1 aliphatic heterocycles. The number of hydrogen-bond donors (Lipinski definition) is 2. The van der Waals surface area contributed by atoms with Crippen molar-refractivity contribution in [2.75, 3.05) is 32.7 Å². The molecule has 1 unspecified atom stereocenters. The Labute approximate surface area is 127 Å². The smallest absolute Gasteiger partial charge is 0.317 e. The molecule has 0 aliphatic carbocycles. The zero-order chi connectivity index (χ0) is 15.1. The van der Waals surface area contributed by atoms with Gasteiger partial charge >= 0.3 is 6.03 Å². The van der Waals surface area contributed by atoms with Crippen molar-refractivity contribution in [2.45, 2.75) is 25.9 Å². The summed E-state index contributed by atoms with van der Waals surface area (Å²) >= 11 is 0. The average Bonchev–Trinajstić information content (AvgIpc) is 2.55. The molecule has 1 atom stereocenters. The van der Waals surface area contributed by atoms with E-state index in [1.165, 1.54) is 0 Å².